The van der Waals surface area contributed by atoms with Gasteiger partial charge in [-0.05, 0) is 33.3 Å². The molecule has 1 rings (SSSR count). The normalized spacial score (nSPS) is 12.0. The van der Waals surface area contributed by atoms with Gasteiger partial charge in [0.2, 0.25) is 10.0 Å². The summed E-state index contributed by atoms with van der Waals surface area (Å²) in [4.78, 5) is 0. The summed E-state index contributed by atoms with van der Waals surface area (Å²) in [6.45, 7) is 7.34. The van der Waals surface area contributed by atoms with E-state index < -0.39 is 15.6 Å². The first kappa shape index (κ1) is 16.3. The van der Waals surface area contributed by atoms with Crippen LogP contribution in [0.2, 0.25) is 0 Å². The van der Waals surface area contributed by atoms with Crippen molar-refractivity contribution in [2.45, 2.75) is 33.2 Å². The first-order chi connectivity index (χ1) is 9.06. The Morgan fingerprint density at radius 1 is 1.30 bits per heavy atom. The molecule has 8 heteroatoms. The van der Waals surface area contributed by atoms with Crippen LogP contribution in [0.4, 0.5) is 5.82 Å². The molecule has 7 nitrogen and oxygen atoms in total. The van der Waals surface area contributed by atoms with Crippen molar-refractivity contribution in [3.63, 3.8) is 0 Å². The van der Waals surface area contributed by atoms with Gasteiger partial charge in [-0.2, -0.15) is 10.4 Å². The van der Waals surface area contributed by atoms with E-state index in [1.807, 2.05) is 0 Å². The molecule has 0 spiro atoms. The number of hydrogen-bond donors (Lipinski definition) is 2. The number of sulfonamides is 1. The highest BCUT2D eigenvalue weighted by Crippen LogP contribution is 2.17. The second-order valence-electron chi connectivity index (χ2n) is 5.36. The van der Waals surface area contributed by atoms with Crippen LogP contribution in [0.3, 0.4) is 0 Å². The minimum atomic E-state index is -3.31. The second-order valence-corrected chi connectivity index (χ2v) is 7.11. The van der Waals surface area contributed by atoms with E-state index in [4.69, 9.17) is 0 Å². The Morgan fingerprint density at radius 2 is 1.90 bits per heavy atom. The molecule has 1 heterocycles. The largest absolute Gasteiger partial charge is 0.366 e. The van der Waals surface area contributed by atoms with E-state index in [1.54, 1.807) is 27.7 Å². The van der Waals surface area contributed by atoms with Crippen LogP contribution < -0.4 is 10.0 Å². The van der Waals surface area contributed by atoms with Gasteiger partial charge in [-0.1, -0.05) is 0 Å². The highest BCUT2D eigenvalue weighted by atomic mass is 32.2. The molecule has 0 amide bonds. The number of hydrogen-bond acceptors (Lipinski definition) is 6. The van der Waals surface area contributed by atoms with Crippen LogP contribution in [0.15, 0.2) is 0 Å². The molecule has 2 N–H and O–H groups in total. The summed E-state index contributed by atoms with van der Waals surface area (Å²) in [6, 6.07) is 2.09. The lowest BCUT2D eigenvalue weighted by Gasteiger charge is -2.25. The zero-order valence-electron chi connectivity index (χ0n) is 12.3. The maximum Gasteiger partial charge on any atom is 0.209 e. The SMILES string of the molecule is Cc1nnc(NCC(C)(C)NS(C)(=O)=O)c(C#N)c1C. The lowest BCUT2D eigenvalue weighted by Crippen LogP contribution is -2.48. The minimum Gasteiger partial charge on any atom is -0.366 e. The monoisotopic (exact) mass is 297 g/mol. The van der Waals surface area contributed by atoms with Crippen LogP contribution in [0.5, 0.6) is 0 Å². The molecule has 0 aliphatic heterocycles. The predicted molar refractivity (Wildman–Crippen MR) is 76.8 cm³/mol. The number of aromatic nitrogens is 2. The van der Waals surface area contributed by atoms with Gasteiger partial charge >= 0.3 is 0 Å². The zero-order valence-corrected chi connectivity index (χ0v) is 13.1. The van der Waals surface area contributed by atoms with E-state index in [2.05, 4.69) is 26.3 Å². The molecule has 110 valence electrons. The molecule has 0 bridgehead atoms. The molecule has 1 aromatic rings. The van der Waals surface area contributed by atoms with E-state index in [0.717, 1.165) is 11.8 Å². The predicted octanol–water partition coefficient (Wildman–Crippen LogP) is 0.705. The fourth-order valence-electron chi connectivity index (χ4n) is 1.71. The molecule has 1 aromatic heterocycles. The first-order valence-electron chi connectivity index (χ1n) is 6.02. The number of rotatable bonds is 5. The Labute approximate surface area is 119 Å². The lowest BCUT2D eigenvalue weighted by atomic mass is 10.1. The van der Waals surface area contributed by atoms with Crippen LogP contribution in [-0.2, 0) is 10.0 Å². The van der Waals surface area contributed by atoms with Crippen molar-refractivity contribution < 1.29 is 8.42 Å². The molecule has 0 aromatic carbocycles. The minimum absolute atomic E-state index is 0.284. The van der Waals surface area contributed by atoms with E-state index in [1.165, 1.54) is 0 Å². The topological polar surface area (TPSA) is 108 Å². The Bertz CT molecular complexity index is 647. The average Bonchev–Trinajstić information content (AvgIpc) is 2.27. The second kappa shape index (κ2) is 5.73. The van der Waals surface area contributed by atoms with Crippen LogP contribution in [-0.4, -0.2) is 37.0 Å². The van der Waals surface area contributed by atoms with Gasteiger partial charge in [-0.25, -0.2) is 13.1 Å². The average molecular weight is 297 g/mol. The quantitative estimate of drug-likeness (QED) is 0.828. The smallest absolute Gasteiger partial charge is 0.209 e. The summed E-state index contributed by atoms with van der Waals surface area (Å²) in [5.41, 5.74) is 1.17. The first-order valence-corrected chi connectivity index (χ1v) is 7.92. The number of nitrogens with zero attached hydrogens (tertiary/aromatic N) is 3. The molecule has 0 aliphatic rings. The van der Waals surface area contributed by atoms with Crippen molar-refractivity contribution in [3.8, 4) is 6.07 Å². The van der Waals surface area contributed by atoms with E-state index in [0.29, 0.717) is 17.1 Å². The summed E-state index contributed by atoms with van der Waals surface area (Å²) in [6.07, 6.45) is 1.10. The summed E-state index contributed by atoms with van der Waals surface area (Å²) in [5, 5.41) is 20.1. The van der Waals surface area contributed by atoms with Gasteiger partial charge in [0.25, 0.3) is 0 Å². The molecular weight excluding hydrogens is 278 g/mol. The van der Waals surface area contributed by atoms with Crippen LogP contribution in [0.1, 0.15) is 30.7 Å². The molecule has 0 saturated heterocycles. The van der Waals surface area contributed by atoms with Gasteiger partial charge in [0.15, 0.2) is 5.82 Å². The van der Waals surface area contributed by atoms with Crippen LogP contribution >= 0.6 is 0 Å². The Morgan fingerprint density at radius 3 is 2.40 bits per heavy atom. The van der Waals surface area contributed by atoms with E-state index >= 15 is 0 Å². The maximum atomic E-state index is 11.3. The van der Waals surface area contributed by atoms with Gasteiger partial charge in [0.05, 0.1) is 11.9 Å². The van der Waals surface area contributed by atoms with E-state index in [-0.39, 0.29) is 6.54 Å². The third-order valence-electron chi connectivity index (χ3n) is 2.73. The summed E-state index contributed by atoms with van der Waals surface area (Å²) in [7, 11) is -3.31. The van der Waals surface area contributed by atoms with Gasteiger partial charge in [-0.3, -0.25) is 0 Å². The number of nitrogens with one attached hydrogen (secondary N) is 2. The standard InChI is InChI=1S/C12H19N5O2S/c1-8-9(2)15-16-11(10(8)6-13)14-7-12(3,4)17-20(5,18)19/h17H,7H2,1-5H3,(H,14,16). The van der Waals surface area contributed by atoms with Crippen LogP contribution in [0.25, 0.3) is 0 Å². The van der Waals surface area contributed by atoms with Gasteiger partial charge in [-0.15, -0.1) is 5.10 Å². The van der Waals surface area contributed by atoms with E-state index in [9.17, 15) is 13.7 Å². The number of aryl methyl sites for hydroxylation is 1. The summed E-state index contributed by atoms with van der Waals surface area (Å²) in [5.74, 6) is 0.360. The Balaban J connectivity index is 2.91. The van der Waals surface area contributed by atoms with Gasteiger partial charge in [0.1, 0.15) is 11.6 Å². The fourth-order valence-corrected chi connectivity index (χ4v) is 2.79. The molecule has 0 radical (unpaired) electrons. The fraction of sp³-hybridized carbons (Fsp3) is 0.583. The van der Waals surface area contributed by atoms with Crippen LogP contribution in [0, 0.1) is 25.2 Å². The maximum absolute atomic E-state index is 11.3. The van der Waals surface area contributed by atoms with Crippen molar-refractivity contribution in [1.29, 1.82) is 5.26 Å². The molecule has 0 atom stereocenters. The van der Waals surface area contributed by atoms with Crippen molar-refractivity contribution in [3.05, 3.63) is 16.8 Å². The molecule has 20 heavy (non-hydrogen) atoms. The van der Waals surface area contributed by atoms with Gasteiger partial charge < -0.3 is 5.32 Å². The molecular formula is C12H19N5O2S. The number of anilines is 1. The van der Waals surface area contributed by atoms with Crippen molar-refractivity contribution in [2.24, 2.45) is 0 Å². The lowest BCUT2D eigenvalue weighted by molar-refractivity contribution is 0.475. The Kier molecular flexibility index (Phi) is 4.68. The van der Waals surface area contributed by atoms with Crippen molar-refractivity contribution >= 4 is 15.8 Å². The van der Waals surface area contributed by atoms with Gasteiger partial charge in [0, 0.05) is 12.1 Å². The summed E-state index contributed by atoms with van der Waals surface area (Å²) < 4.78 is 25.0. The highest BCUT2D eigenvalue weighted by Gasteiger charge is 2.23. The molecule has 0 unspecified atom stereocenters. The van der Waals surface area contributed by atoms with Crippen molar-refractivity contribution in [2.75, 3.05) is 18.1 Å². The number of nitriles is 1. The third-order valence-corrected chi connectivity index (χ3v) is 3.65. The molecule has 0 saturated carbocycles. The summed E-state index contributed by atoms with van der Waals surface area (Å²) >= 11 is 0. The zero-order chi connectivity index (χ0) is 15.6. The molecule has 0 fully saturated rings. The highest BCUT2D eigenvalue weighted by molar-refractivity contribution is 7.88. The Hall–Kier alpha value is -1.72. The molecule has 0 aliphatic carbocycles. The third kappa shape index (κ3) is 4.43. The van der Waals surface area contributed by atoms with Crippen molar-refractivity contribution in [1.82, 2.24) is 14.9 Å².